The first kappa shape index (κ1) is 15.6. The zero-order valence-electron chi connectivity index (χ0n) is 10.4. The number of Topliss-reactive ketones (excluding diaryl/α,β-unsaturated/α-hetero) is 1. The maximum absolute atomic E-state index is 13.0. The van der Waals surface area contributed by atoms with Gasteiger partial charge < -0.3 is 0 Å². The highest BCUT2D eigenvalue weighted by Gasteiger charge is 2.63. The van der Waals surface area contributed by atoms with Crippen LogP contribution in [0, 0.1) is 0 Å². The van der Waals surface area contributed by atoms with Gasteiger partial charge in [0.25, 0.3) is 0 Å². The molecule has 0 aliphatic carbocycles. The van der Waals surface area contributed by atoms with E-state index in [9.17, 15) is 26.7 Å². The highest BCUT2D eigenvalue weighted by Crippen LogP contribution is 2.38. The number of ketones is 1. The molecular weight excluding hydrogens is 267 g/mol. The molecule has 0 saturated heterocycles. The number of halogens is 5. The zero-order chi connectivity index (χ0) is 14.8. The van der Waals surface area contributed by atoms with Gasteiger partial charge in [-0.05, 0) is 24.0 Å². The lowest BCUT2D eigenvalue weighted by molar-refractivity contribution is -0.255. The SMILES string of the molecule is CCC(C)c1cccc(C(=O)C(F)(F)C(F)(F)F)c1. The third-order valence-corrected chi connectivity index (χ3v) is 2.97. The van der Waals surface area contributed by atoms with Crippen molar-refractivity contribution in [2.45, 2.75) is 38.3 Å². The molecule has 0 aromatic heterocycles. The standard InChI is InChI=1S/C13H13F5O/c1-3-8(2)9-5-4-6-10(7-9)11(19)12(14,15)13(16,17)18/h4-8H,3H2,1-2H3. The highest BCUT2D eigenvalue weighted by atomic mass is 19.4. The van der Waals surface area contributed by atoms with Gasteiger partial charge in [-0.3, -0.25) is 4.79 Å². The van der Waals surface area contributed by atoms with Crippen molar-refractivity contribution in [3.63, 3.8) is 0 Å². The Morgan fingerprint density at radius 2 is 1.79 bits per heavy atom. The molecule has 1 aromatic rings. The van der Waals surface area contributed by atoms with Gasteiger partial charge >= 0.3 is 12.1 Å². The van der Waals surface area contributed by atoms with Crippen LogP contribution in [0.1, 0.15) is 42.1 Å². The van der Waals surface area contributed by atoms with Gasteiger partial charge in [-0.2, -0.15) is 22.0 Å². The lowest BCUT2D eigenvalue weighted by Gasteiger charge is -2.19. The van der Waals surface area contributed by atoms with Crippen LogP contribution in [0.15, 0.2) is 24.3 Å². The molecule has 0 spiro atoms. The number of carbonyl (C=O) groups excluding carboxylic acids is 1. The Labute approximate surface area is 107 Å². The monoisotopic (exact) mass is 280 g/mol. The van der Waals surface area contributed by atoms with E-state index in [1.54, 1.807) is 13.0 Å². The molecule has 1 unspecified atom stereocenters. The molecule has 0 aliphatic heterocycles. The second-order valence-electron chi connectivity index (χ2n) is 4.34. The molecule has 0 heterocycles. The minimum atomic E-state index is -5.88. The van der Waals surface area contributed by atoms with Crippen molar-refractivity contribution in [3.8, 4) is 0 Å². The molecule has 0 radical (unpaired) electrons. The first-order valence-electron chi connectivity index (χ1n) is 5.70. The number of benzene rings is 1. The Morgan fingerprint density at radius 3 is 2.26 bits per heavy atom. The molecule has 0 aliphatic rings. The Balaban J connectivity index is 3.14. The van der Waals surface area contributed by atoms with Gasteiger partial charge in [0.2, 0.25) is 5.78 Å². The summed E-state index contributed by atoms with van der Waals surface area (Å²) in [6.45, 7) is 3.65. The Morgan fingerprint density at radius 1 is 1.21 bits per heavy atom. The van der Waals surface area contributed by atoms with Gasteiger partial charge in [0.15, 0.2) is 0 Å². The van der Waals surface area contributed by atoms with E-state index in [2.05, 4.69) is 0 Å². The van der Waals surface area contributed by atoms with Gasteiger partial charge in [-0.25, -0.2) is 0 Å². The van der Waals surface area contributed by atoms with Crippen LogP contribution in [0.2, 0.25) is 0 Å². The first-order chi connectivity index (χ1) is 8.61. The van der Waals surface area contributed by atoms with Gasteiger partial charge in [-0.15, -0.1) is 0 Å². The van der Waals surface area contributed by atoms with Crippen molar-refractivity contribution >= 4 is 5.78 Å². The molecule has 0 N–H and O–H groups in total. The summed E-state index contributed by atoms with van der Waals surface area (Å²) in [5, 5.41) is 0. The van der Waals surface area contributed by atoms with Crippen LogP contribution < -0.4 is 0 Å². The minimum absolute atomic E-state index is 0.0211. The number of hydrogen-bond acceptors (Lipinski definition) is 1. The summed E-state index contributed by atoms with van der Waals surface area (Å²) in [5.74, 6) is -7.60. The smallest absolute Gasteiger partial charge is 0.287 e. The van der Waals surface area contributed by atoms with Crippen LogP contribution in [0.25, 0.3) is 0 Å². The van der Waals surface area contributed by atoms with E-state index in [1.807, 2.05) is 6.92 Å². The molecule has 0 bridgehead atoms. The molecule has 19 heavy (non-hydrogen) atoms. The molecule has 1 nitrogen and oxygen atoms in total. The normalized spacial score (nSPS) is 14.3. The summed E-state index contributed by atoms with van der Waals surface area (Å²) in [6.07, 6.45) is -5.19. The quantitative estimate of drug-likeness (QED) is 0.582. The van der Waals surface area contributed by atoms with Crippen molar-refractivity contribution in [1.29, 1.82) is 0 Å². The Bertz CT molecular complexity index is 464. The van der Waals surface area contributed by atoms with Gasteiger partial charge in [0.1, 0.15) is 0 Å². The van der Waals surface area contributed by atoms with E-state index in [-0.39, 0.29) is 5.92 Å². The summed E-state index contributed by atoms with van der Waals surface area (Å²) < 4.78 is 62.3. The molecule has 0 saturated carbocycles. The Kier molecular flexibility index (Phi) is 4.32. The molecule has 106 valence electrons. The fraction of sp³-hybridized carbons (Fsp3) is 0.462. The van der Waals surface area contributed by atoms with Crippen molar-refractivity contribution in [2.24, 2.45) is 0 Å². The lowest BCUT2D eigenvalue weighted by Crippen LogP contribution is -2.44. The predicted molar refractivity (Wildman–Crippen MR) is 60.5 cm³/mol. The summed E-state index contributed by atoms with van der Waals surface area (Å²) >= 11 is 0. The maximum atomic E-state index is 13.0. The van der Waals surface area contributed by atoms with E-state index in [0.717, 1.165) is 12.1 Å². The largest absolute Gasteiger partial charge is 0.461 e. The molecule has 6 heteroatoms. The molecular formula is C13H13F5O. The average molecular weight is 280 g/mol. The van der Waals surface area contributed by atoms with Crippen molar-refractivity contribution in [3.05, 3.63) is 35.4 Å². The third-order valence-electron chi connectivity index (χ3n) is 2.97. The fourth-order valence-corrected chi connectivity index (χ4v) is 1.53. The average Bonchev–Trinajstić information content (AvgIpc) is 2.35. The second kappa shape index (κ2) is 5.27. The van der Waals surface area contributed by atoms with Gasteiger partial charge in [0, 0.05) is 5.56 Å². The van der Waals surface area contributed by atoms with Gasteiger partial charge in [-0.1, -0.05) is 32.0 Å². The van der Waals surface area contributed by atoms with Gasteiger partial charge in [0.05, 0.1) is 0 Å². The third kappa shape index (κ3) is 3.11. The van der Waals surface area contributed by atoms with Crippen molar-refractivity contribution < 1.29 is 26.7 Å². The van der Waals surface area contributed by atoms with Crippen LogP contribution in [0.4, 0.5) is 22.0 Å². The minimum Gasteiger partial charge on any atom is -0.287 e. The van der Waals surface area contributed by atoms with Crippen LogP contribution in [0.5, 0.6) is 0 Å². The fourth-order valence-electron chi connectivity index (χ4n) is 1.53. The molecule has 1 atom stereocenters. The number of alkyl halides is 5. The predicted octanol–water partition coefficient (Wildman–Crippen LogP) is 4.58. The molecule has 1 aromatic carbocycles. The molecule has 0 fully saturated rings. The molecule has 0 amide bonds. The Hall–Kier alpha value is -1.46. The topological polar surface area (TPSA) is 17.1 Å². The maximum Gasteiger partial charge on any atom is 0.461 e. The lowest BCUT2D eigenvalue weighted by atomic mass is 9.94. The van der Waals surface area contributed by atoms with Crippen molar-refractivity contribution in [2.75, 3.05) is 0 Å². The van der Waals surface area contributed by atoms with E-state index in [1.165, 1.54) is 6.07 Å². The zero-order valence-corrected chi connectivity index (χ0v) is 10.4. The first-order valence-corrected chi connectivity index (χ1v) is 5.70. The summed E-state index contributed by atoms with van der Waals surface area (Å²) in [5.41, 5.74) is -0.0635. The van der Waals surface area contributed by atoms with Crippen LogP contribution in [0.3, 0.4) is 0 Å². The van der Waals surface area contributed by atoms with E-state index >= 15 is 0 Å². The number of hydrogen-bond donors (Lipinski definition) is 0. The second-order valence-corrected chi connectivity index (χ2v) is 4.34. The number of rotatable bonds is 4. The summed E-state index contributed by atoms with van der Waals surface area (Å²) in [7, 11) is 0. The van der Waals surface area contributed by atoms with Crippen molar-refractivity contribution in [1.82, 2.24) is 0 Å². The summed E-state index contributed by atoms with van der Waals surface area (Å²) in [4.78, 5) is 11.3. The van der Waals surface area contributed by atoms with E-state index in [0.29, 0.717) is 12.0 Å². The number of carbonyl (C=O) groups is 1. The van der Waals surface area contributed by atoms with Crippen LogP contribution >= 0.6 is 0 Å². The molecule has 1 rings (SSSR count). The van der Waals surface area contributed by atoms with E-state index in [4.69, 9.17) is 0 Å². The summed E-state index contributed by atoms with van der Waals surface area (Å²) in [6, 6.07) is 4.96. The van der Waals surface area contributed by atoms with Crippen LogP contribution in [-0.4, -0.2) is 17.9 Å². The highest BCUT2D eigenvalue weighted by molar-refractivity contribution is 6.02. The van der Waals surface area contributed by atoms with Crippen LogP contribution in [-0.2, 0) is 0 Å². The van der Waals surface area contributed by atoms with E-state index < -0.39 is 23.4 Å².